The molecule has 2 saturated heterocycles. The van der Waals surface area contributed by atoms with E-state index in [0.29, 0.717) is 31.7 Å². The number of nitrogens with one attached hydrogen (secondary N) is 2. The smallest absolute Gasteiger partial charge is 0.264 e. The number of aromatic nitrogens is 1. The number of hydrogen-bond donors (Lipinski definition) is 3. The number of amides is 1. The predicted octanol–water partition coefficient (Wildman–Crippen LogP) is 1.88. The van der Waals surface area contributed by atoms with Gasteiger partial charge in [0.15, 0.2) is 6.29 Å². The van der Waals surface area contributed by atoms with Gasteiger partial charge in [0.25, 0.3) is 11.5 Å². The Balaban J connectivity index is 1.37. The van der Waals surface area contributed by atoms with E-state index in [1.807, 2.05) is 38.1 Å². The van der Waals surface area contributed by atoms with Gasteiger partial charge < -0.3 is 29.8 Å². The Labute approximate surface area is 212 Å². The summed E-state index contributed by atoms with van der Waals surface area (Å²) in [6.45, 7) is 5.49. The van der Waals surface area contributed by atoms with E-state index in [-0.39, 0.29) is 35.4 Å². The minimum atomic E-state index is -0.499. The monoisotopic (exact) mass is 500 g/mol. The van der Waals surface area contributed by atoms with Gasteiger partial charge >= 0.3 is 0 Å². The van der Waals surface area contributed by atoms with Crippen LogP contribution in [0.3, 0.4) is 0 Å². The topological polar surface area (TPSA) is 105 Å². The van der Waals surface area contributed by atoms with Crippen molar-refractivity contribution in [3.8, 4) is 0 Å². The lowest BCUT2D eigenvalue weighted by atomic mass is 9.96. The molecule has 2 aromatic rings. The number of para-hydroxylation sites is 1. The first kappa shape index (κ1) is 26.8. The molecule has 0 spiro atoms. The molecular weight excluding hydrogens is 460 g/mol. The molecule has 4 rings (SSSR count). The van der Waals surface area contributed by atoms with Crippen molar-refractivity contribution >= 4 is 16.8 Å². The second-order valence-electron chi connectivity index (χ2n) is 10.3. The molecule has 2 aliphatic heterocycles. The SMILES string of the molecule is COC(CNCC(O)CN1[C@@H]2CC[C@H]1CC(NC(=O)c1cc3ccccc3n(C(C)C)c1=O)C2)OC. The molecule has 1 aromatic carbocycles. The molecule has 3 heterocycles. The maximum Gasteiger partial charge on any atom is 0.264 e. The molecule has 4 atom stereocenters. The lowest BCUT2D eigenvalue weighted by molar-refractivity contribution is -0.0996. The number of rotatable bonds is 11. The zero-order valence-corrected chi connectivity index (χ0v) is 21.8. The third-order valence-electron chi connectivity index (χ3n) is 7.56. The third-order valence-corrected chi connectivity index (χ3v) is 7.56. The summed E-state index contributed by atoms with van der Waals surface area (Å²) in [5, 5.41) is 17.8. The summed E-state index contributed by atoms with van der Waals surface area (Å²) in [7, 11) is 3.18. The first-order valence-electron chi connectivity index (χ1n) is 13.0. The number of ether oxygens (including phenoxy) is 2. The van der Waals surface area contributed by atoms with Crippen molar-refractivity contribution in [1.29, 1.82) is 0 Å². The molecule has 198 valence electrons. The van der Waals surface area contributed by atoms with Crippen LogP contribution in [0.1, 0.15) is 55.9 Å². The van der Waals surface area contributed by atoms with Gasteiger partial charge in [-0.2, -0.15) is 0 Å². The van der Waals surface area contributed by atoms with Crippen LogP contribution in [0.15, 0.2) is 35.1 Å². The summed E-state index contributed by atoms with van der Waals surface area (Å²) in [4.78, 5) is 28.9. The fraction of sp³-hybridized carbons (Fsp3) is 0.630. The first-order chi connectivity index (χ1) is 17.3. The van der Waals surface area contributed by atoms with Crippen LogP contribution >= 0.6 is 0 Å². The molecule has 1 amide bonds. The summed E-state index contributed by atoms with van der Waals surface area (Å²) in [5.74, 6) is -0.298. The number of fused-ring (bicyclic) bond motifs is 3. The van der Waals surface area contributed by atoms with Crippen LogP contribution in [-0.4, -0.2) is 84.9 Å². The molecule has 0 aliphatic carbocycles. The highest BCUT2D eigenvalue weighted by atomic mass is 16.7. The first-order valence-corrected chi connectivity index (χ1v) is 13.0. The summed E-state index contributed by atoms with van der Waals surface area (Å²) in [6.07, 6.45) is 2.93. The van der Waals surface area contributed by atoms with Gasteiger partial charge in [0, 0.05) is 58.0 Å². The van der Waals surface area contributed by atoms with Crippen LogP contribution < -0.4 is 16.2 Å². The van der Waals surface area contributed by atoms with Crippen molar-refractivity contribution in [2.75, 3.05) is 33.9 Å². The van der Waals surface area contributed by atoms with E-state index in [2.05, 4.69) is 15.5 Å². The quantitative estimate of drug-likeness (QED) is 0.405. The van der Waals surface area contributed by atoms with Gasteiger partial charge in [-0.25, -0.2) is 0 Å². The zero-order chi connectivity index (χ0) is 25.8. The molecule has 0 saturated carbocycles. The number of carbonyl (C=O) groups excluding carboxylic acids is 1. The fourth-order valence-electron chi connectivity index (χ4n) is 5.85. The number of piperidine rings is 1. The minimum Gasteiger partial charge on any atom is -0.390 e. The van der Waals surface area contributed by atoms with Gasteiger partial charge in [0.1, 0.15) is 5.56 Å². The van der Waals surface area contributed by atoms with Crippen LogP contribution in [-0.2, 0) is 9.47 Å². The van der Waals surface area contributed by atoms with Crippen molar-refractivity contribution in [3.63, 3.8) is 0 Å². The molecule has 36 heavy (non-hydrogen) atoms. The average molecular weight is 501 g/mol. The van der Waals surface area contributed by atoms with Gasteiger partial charge in [0.05, 0.1) is 11.6 Å². The second-order valence-corrected chi connectivity index (χ2v) is 10.3. The number of aliphatic hydroxyl groups excluding tert-OH is 1. The Bertz CT molecular complexity index is 1090. The van der Waals surface area contributed by atoms with Gasteiger partial charge in [-0.1, -0.05) is 18.2 Å². The van der Waals surface area contributed by atoms with Crippen LogP contribution in [0.4, 0.5) is 0 Å². The van der Waals surface area contributed by atoms with E-state index < -0.39 is 6.10 Å². The van der Waals surface area contributed by atoms with Crippen LogP contribution in [0.25, 0.3) is 10.9 Å². The summed E-state index contributed by atoms with van der Waals surface area (Å²) in [6, 6.07) is 10.0. The molecule has 1 aromatic heterocycles. The largest absolute Gasteiger partial charge is 0.390 e. The average Bonchev–Trinajstić information content (AvgIpc) is 3.08. The molecule has 2 fully saturated rings. The van der Waals surface area contributed by atoms with Crippen LogP contribution in [0.5, 0.6) is 0 Å². The summed E-state index contributed by atoms with van der Waals surface area (Å²) >= 11 is 0. The van der Waals surface area contributed by atoms with Crippen LogP contribution in [0.2, 0.25) is 0 Å². The molecule has 2 aliphatic rings. The number of carbonyl (C=O) groups is 1. The number of aliphatic hydroxyl groups is 1. The maximum atomic E-state index is 13.3. The normalized spacial score (nSPS) is 23.0. The zero-order valence-electron chi connectivity index (χ0n) is 21.8. The van der Waals surface area contributed by atoms with Gasteiger partial charge in [-0.05, 0) is 57.0 Å². The van der Waals surface area contributed by atoms with Crippen molar-refractivity contribution < 1.29 is 19.4 Å². The van der Waals surface area contributed by atoms with Gasteiger partial charge in [-0.15, -0.1) is 0 Å². The summed E-state index contributed by atoms with van der Waals surface area (Å²) < 4.78 is 12.0. The Hall–Kier alpha value is -2.30. The molecule has 2 unspecified atom stereocenters. The Kier molecular flexibility index (Phi) is 8.79. The number of hydrogen-bond acceptors (Lipinski definition) is 7. The Morgan fingerprint density at radius 2 is 1.78 bits per heavy atom. The Morgan fingerprint density at radius 3 is 2.42 bits per heavy atom. The lowest BCUT2D eigenvalue weighted by Gasteiger charge is -2.40. The van der Waals surface area contributed by atoms with Crippen LogP contribution in [0, 0.1) is 0 Å². The molecule has 0 radical (unpaired) electrons. The van der Waals surface area contributed by atoms with E-state index in [4.69, 9.17) is 9.47 Å². The number of pyridine rings is 1. The van der Waals surface area contributed by atoms with E-state index in [9.17, 15) is 14.7 Å². The van der Waals surface area contributed by atoms with E-state index >= 15 is 0 Å². The molecule has 9 nitrogen and oxygen atoms in total. The fourth-order valence-corrected chi connectivity index (χ4v) is 5.85. The van der Waals surface area contributed by atoms with E-state index in [1.165, 1.54) is 0 Å². The predicted molar refractivity (Wildman–Crippen MR) is 139 cm³/mol. The van der Waals surface area contributed by atoms with Gasteiger partial charge in [-0.3, -0.25) is 14.5 Å². The van der Waals surface area contributed by atoms with E-state index in [1.54, 1.807) is 24.9 Å². The maximum absolute atomic E-state index is 13.3. The summed E-state index contributed by atoms with van der Waals surface area (Å²) in [5.41, 5.74) is 0.791. The van der Waals surface area contributed by atoms with E-state index in [0.717, 1.165) is 36.6 Å². The standard InChI is InChI=1S/C27H40N4O5/c1-17(2)31-24-8-6-5-7-18(24)11-23(27(31)34)26(33)29-19-12-20-9-10-21(13-19)30(20)16-22(32)14-28-15-25(35-3)36-4/h5-8,11,17,19-22,25,28,32H,9-10,12-16H2,1-4H3,(H,29,33)/t19?,20-,21+,22?. The molecular formula is C27H40N4O5. The highest BCUT2D eigenvalue weighted by molar-refractivity contribution is 5.97. The molecule has 2 bridgehead atoms. The molecule has 9 heteroatoms. The third kappa shape index (κ3) is 5.81. The highest BCUT2D eigenvalue weighted by Crippen LogP contribution is 2.35. The number of methoxy groups -OCH3 is 2. The van der Waals surface area contributed by atoms with Crippen molar-refractivity contribution in [2.24, 2.45) is 0 Å². The van der Waals surface area contributed by atoms with Crippen molar-refractivity contribution in [1.82, 2.24) is 20.1 Å². The number of nitrogens with zero attached hydrogens (tertiary/aromatic N) is 2. The van der Waals surface area contributed by atoms with Crippen molar-refractivity contribution in [3.05, 3.63) is 46.2 Å². The Morgan fingerprint density at radius 1 is 1.11 bits per heavy atom. The minimum absolute atomic E-state index is 0.0176. The molecule has 3 N–H and O–H groups in total. The highest BCUT2D eigenvalue weighted by Gasteiger charge is 2.41. The second kappa shape index (κ2) is 11.8. The van der Waals surface area contributed by atoms with Crippen molar-refractivity contribution in [2.45, 2.75) is 76.1 Å². The lowest BCUT2D eigenvalue weighted by Crippen LogP contribution is -2.53. The number of benzene rings is 1. The van der Waals surface area contributed by atoms with Gasteiger partial charge in [0.2, 0.25) is 0 Å².